The van der Waals surface area contributed by atoms with Gasteiger partial charge in [-0.05, 0) is 13.3 Å². The summed E-state index contributed by atoms with van der Waals surface area (Å²) in [6.45, 7) is 2.94. The number of rotatable bonds is 3. The van der Waals surface area contributed by atoms with Gasteiger partial charge >= 0.3 is 12.1 Å². The molecule has 0 aromatic heterocycles. The molecule has 0 aliphatic heterocycles. The maximum absolute atomic E-state index is 12.1. The fourth-order valence-corrected chi connectivity index (χ4v) is 0.834. The molecule has 0 heterocycles. The first-order valence-corrected chi connectivity index (χ1v) is 4.07. The van der Waals surface area contributed by atoms with E-state index in [1.54, 1.807) is 0 Å². The molecular weight excluding hydrogens is 199 g/mol. The van der Waals surface area contributed by atoms with Gasteiger partial charge in [0.05, 0.1) is 12.2 Å². The van der Waals surface area contributed by atoms with E-state index in [0.717, 1.165) is 0 Å². The maximum atomic E-state index is 12.1. The summed E-state index contributed by atoms with van der Waals surface area (Å²) >= 11 is 0. The topological polar surface area (TPSA) is 52.3 Å². The monoisotopic (exact) mass is 211 g/mol. The Hall–Kier alpha value is -1.20. The normalized spacial score (nSPS) is 13.5. The van der Waals surface area contributed by atoms with Crippen molar-refractivity contribution in [2.75, 3.05) is 6.61 Å². The number of alkyl halides is 3. The Balaban J connectivity index is 4.94. The molecule has 0 bridgehead atoms. The Morgan fingerprint density at radius 2 is 1.86 bits per heavy atom. The Kier molecular flexibility index (Phi) is 4.46. The zero-order chi connectivity index (χ0) is 11.4. The minimum atomic E-state index is -4.68. The molecule has 82 valence electrons. The number of carbonyl (C=O) groups is 1. The molecule has 0 amide bonds. The van der Waals surface area contributed by atoms with Crippen molar-refractivity contribution in [3.63, 3.8) is 0 Å². The summed E-state index contributed by atoms with van der Waals surface area (Å²) in [5.41, 5.74) is 2.89. The Morgan fingerprint density at radius 1 is 1.36 bits per heavy atom. The average Bonchev–Trinajstić information content (AvgIpc) is 2.04. The van der Waals surface area contributed by atoms with E-state index in [-0.39, 0.29) is 13.0 Å². The quantitative estimate of drug-likeness (QED) is 0.571. The molecule has 0 aliphatic rings. The number of hydrogen-bond acceptors (Lipinski definition) is 3. The lowest BCUT2D eigenvalue weighted by molar-refractivity contribution is -0.140. The Morgan fingerprint density at radius 3 is 2.14 bits per heavy atom. The third-order valence-corrected chi connectivity index (χ3v) is 1.51. The van der Waals surface area contributed by atoms with E-state index in [4.69, 9.17) is 5.73 Å². The zero-order valence-corrected chi connectivity index (χ0v) is 7.94. The molecule has 6 heteroatoms. The van der Waals surface area contributed by atoms with Crippen LogP contribution in [0.5, 0.6) is 0 Å². The number of halogens is 3. The van der Waals surface area contributed by atoms with Crippen molar-refractivity contribution in [3.05, 3.63) is 11.3 Å². The van der Waals surface area contributed by atoms with E-state index in [9.17, 15) is 18.0 Å². The first kappa shape index (κ1) is 12.8. The van der Waals surface area contributed by atoms with Gasteiger partial charge in [0.2, 0.25) is 0 Å². The van der Waals surface area contributed by atoms with E-state index in [0.29, 0.717) is 0 Å². The van der Waals surface area contributed by atoms with Crippen LogP contribution in [0.1, 0.15) is 20.3 Å². The van der Waals surface area contributed by atoms with Gasteiger partial charge in [0.25, 0.3) is 0 Å². The molecule has 0 saturated heterocycles. The highest BCUT2D eigenvalue weighted by molar-refractivity contribution is 5.89. The van der Waals surface area contributed by atoms with Crippen LogP contribution < -0.4 is 5.73 Å². The van der Waals surface area contributed by atoms with Gasteiger partial charge in [-0.2, -0.15) is 13.2 Å². The summed E-state index contributed by atoms with van der Waals surface area (Å²) in [6.07, 6.45) is -4.79. The van der Waals surface area contributed by atoms with Crippen LogP contribution in [0.4, 0.5) is 13.2 Å². The van der Waals surface area contributed by atoms with Crippen LogP contribution in [0.3, 0.4) is 0 Å². The molecular formula is C8H12F3NO2. The van der Waals surface area contributed by atoms with E-state index < -0.39 is 23.4 Å². The second-order valence-electron chi connectivity index (χ2n) is 2.46. The number of esters is 1. The highest BCUT2D eigenvalue weighted by Gasteiger charge is 2.35. The number of hydrogen-bond donors (Lipinski definition) is 1. The second kappa shape index (κ2) is 4.88. The Labute approximate surface area is 79.7 Å². The first-order valence-electron chi connectivity index (χ1n) is 4.07. The molecule has 0 aromatic carbocycles. The molecule has 0 atom stereocenters. The lowest BCUT2D eigenvalue weighted by Gasteiger charge is -2.11. The minimum Gasteiger partial charge on any atom is -0.463 e. The smallest absolute Gasteiger partial charge is 0.431 e. The molecule has 0 radical (unpaired) electrons. The lowest BCUT2D eigenvalue weighted by atomic mass is 10.1. The van der Waals surface area contributed by atoms with Gasteiger partial charge in [-0.1, -0.05) is 6.92 Å². The molecule has 14 heavy (non-hydrogen) atoms. The molecule has 3 nitrogen and oxygen atoms in total. The van der Waals surface area contributed by atoms with Crippen molar-refractivity contribution in [1.82, 2.24) is 0 Å². The van der Waals surface area contributed by atoms with Crippen molar-refractivity contribution in [3.8, 4) is 0 Å². The van der Waals surface area contributed by atoms with Gasteiger partial charge in [0, 0.05) is 0 Å². The SMILES string of the molecule is CCOC(=O)/C(CC)=C(\N)C(F)(F)F. The van der Waals surface area contributed by atoms with Crippen LogP contribution in [0.2, 0.25) is 0 Å². The number of allylic oxidation sites excluding steroid dienone is 1. The van der Waals surface area contributed by atoms with Crippen LogP contribution in [0.25, 0.3) is 0 Å². The van der Waals surface area contributed by atoms with Gasteiger partial charge in [0.15, 0.2) is 0 Å². The Bertz CT molecular complexity index is 245. The van der Waals surface area contributed by atoms with Crippen molar-refractivity contribution >= 4 is 5.97 Å². The molecule has 2 N–H and O–H groups in total. The molecule has 0 unspecified atom stereocenters. The van der Waals surface area contributed by atoms with E-state index in [1.807, 2.05) is 0 Å². The van der Waals surface area contributed by atoms with Crippen LogP contribution >= 0.6 is 0 Å². The van der Waals surface area contributed by atoms with E-state index in [2.05, 4.69) is 4.74 Å². The standard InChI is InChI=1S/C8H12F3NO2/c1-3-5(7(13)14-4-2)6(12)8(9,10)11/h3-4,12H2,1-2H3/b6-5-. The molecule has 0 fully saturated rings. The molecule has 0 saturated carbocycles. The average molecular weight is 211 g/mol. The minimum absolute atomic E-state index is 0.0213. The fourth-order valence-electron chi connectivity index (χ4n) is 0.834. The third kappa shape index (κ3) is 3.27. The van der Waals surface area contributed by atoms with Gasteiger partial charge in [-0.15, -0.1) is 0 Å². The summed E-state index contributed by atoms with van der Waals surface area (Å²) in [4.78, 5) is 11.0. The van der Waals surface area contributed by atoms with Crippen LogP contribution in [-0.4, -0.2) is 18.8 Å². The molecule has 0 rings (SSSR count). The highest BCUT2D eigenvalue weighted by atomic mass is 19.4. The number of carbonyl (C=O) groups excluding carboxylic acids is 1. The highest BCUT2D eigenvalue weighted by Crippen LogP contribution is 2.25. The number of ether oxygens (including phenoxy) is 1. The van der Waals surface area contributed by atoms with Crippen LogP contribution in [-0.2, 0) is 9.53 Å². The summed E-state index contributed by atoms with van der Waals surface area (Å²) in [7, 11) is 0. The van der Waals surface area contributed by atoms with Gasteiger partial charge < -0.3 is 10.5 Å². The van der Waals surface area contributed by atoms with Crippen LogP contribution in [0, 0.1) is 0 Å². The van der Waals surface area contributed by atoms with Crippen molar-refractivity contribution < 1.29 is 22.7 Å². The van der Waals surface area contributed by atoms with Crippen LogP contribution in [0.15, 0.2) is 11.3 Å². The summed E-state index contributed by atoms with van der Waals surface area (Å²) < 4.78 is 40.7. The predicted octanol–water partition coefficient (Wildman–Crippen LogP) is 1.73. The second-order valence-corrected chi connectivity index (χ2v) is 2.46. The predicted molar refractivity (Wildman–Crippen MR) is 44.2 cm³/mol. The van der Waals surface area contributed by atoms with Gasteiger partial charge in [-0.3, -0.25) is 0 Å². The van der Waals surface area contributed by atoms with Crippen molar-refractivity contribution in [2.24, 2.45) is 5.73 Å². The van der Waals surface area contributed by atoms with Gasteiger partial charge in [0.1, 0.15) is 5.70 Å². The fraction of sp³-hybridized carbons (Fsp3) is 0.625. The first-order chi connectivity index (χ1) is 6.34. The zero-order valence-electron chi connectivity index (χ0n) is 7.94. The van der Waals surface area contributed by atoms with Gasteiger partial charge in [-0.25, -0.2) is 4.79 Å². The van der Waals surface area contributed by atoms with Crippen molar-refractivity contribution in [1.29, 1.82) is 0 Å². The molecule has 0 aliphatic carbocycles. The summed E-state index contributed by atoms with van der Waals surface area (Å²) in [5, 5.41) is 0. The largest absolute Gasteiger partial charge is 0.463 e. The molecule has 0 spiro atoms. The third-order valence-electron chi connectivity index (χ3n) is 1.51. The maximum Gasteiger partial charge on any atom is 0.431 e. The lowest BCUT2D eigenvalue weighted by Crippen LogP contribution is -2.25. The van der Waals surface area contributed by atoms with Crippen molar-refractivity contribution in [2.45, 2.75) is 26.4 Å². The summed E-state index contributed by atoms with van der Waals surface area (Å²) in [5.74, 6) is -1.01. The van der Waals surface area contributed by atoms with E-state index in [1.165, 1.54) is 13.8 Å². The summed E-state index contributed by atoms with van der Waals surface area (Å²) in [6, 6.07) is 0. The number of nitrogens with two attached hydrogens (primary N) is 1. The van der Waals surface area contributed by atoms with E-state index >= 15 is 0 Å². The molecule has 0 aromatic rings.